The number of rotatable bonds is 7. The third-order valence-corrected chi connectivity index (χ3v) is 6.40. The first-order valence-corrected chi connectivity index (χ1v) is 12.1. The lowest BCUT2D eigenvalue weighted by Crippen LogP contribution is -2.23. The predicted octanol–water partition coefficient (Wildman–Crippen LogP) is 4.71. The second-order valence-electron chi connectivity index (χ2n) is 7.93. The molecule has 0 spiro atoms. The Bertz CT molecular complexity index is 1520. The lowest BCUT2D eigenvalue weighted by Gasteiger charge is -2.09. The molecule has 0 saturated carbocycles. The van der Waals surface area contributed by atoms with Crippen LogP contribution in [0.25, 0.3) is 27.9 Å². The highest BCUT2D eigenvalue weighted by atomic mass is 32.1. The summed E-state index contributed by atoms with van der Waals surface area (Å²) in [5.41, 5.74) is 10.1. The van der Waals surface area contributed by atoms with Gasteiger partial charge in [-0.05, 0) is 54.3 Å². The van der Waals surface area contributed by atoms with Gasteiger partial charge in [0, 0.05) is 10.6 Å². The summed E-state index contributed by atoms with van der Waals surface area (Å²) in [7, 11) is 0. The number of hydrogen-bond donors (Lipinski definition) is 2. The minimum Gasteiger partial charge on any atom is -0.462 e. The lowest BCUT2D eigenvalue weighted by molar-refractivity contribution is 0.0505. The molecule has 5 aromatic rings. The molecule has 3 aromatic heterocycles. The standard InChI is InChI=1S/C26H23N5O3S/c1-2-13-34-26(33)16-9-11-17(12-10-16)31-23(27)21(25(32)28-15-18-6-5-14-35-18)22-24(31)30-20-8-4-3-7-19(20)29-22/h3-12,14H,2,13,15,27H2,1H3,(H,28,32). The Morgan fingerprint density at radius 1 is 1.03 bits per heavy atom. The van der Waals surface area contributed by atoms with E-state index in [0.717, 1.165) is 11.3 Å². The van der Waals surface area contributed by atoms with Crippen molar-refractivity contribution in [2.75, 3.05) is 12.3 Å². The van der Waals surface area contributed by atoms with E-state index in [-0.39, 0.29) is 23.3 Å². The van der Waals surface area contributed by atoms with E-state index in [2.05, 4.69) is 5.32 Å². The van der Waals surface area contributed by atoms with Crippen molar-refractivity contribution in [3.05, 3.63) is 82.0 Å². The third-order valence-electron chi connectivity index (χ3n) is 5.53. The number of fused-ring (bicyclic) bond motifs is 2. The van der Waals surface area contributed by atoms with Gasteiger partial charge < -0.3 is 15.8 Å². The minimum absolute atomic E-state index is 0.222. The number of nitrogen functional groups attached to an aromatic ring is 1. The number of esters is 1. The molecule has 0 bridgehead atoms. The Hall–Kier alpha value is -4.24. The van der Waals surface area contributed by atoms with Gasteiger partial charge in [0.05, 0.1) is 29.7 Å². The SMILES string of the molecule is CCCOC(=O)c1ccc(-n2c(N)c(C(=O)NCc3cccs3)c3nc4ccccc4nc32)cc1. The minimum atomic E-state index is -0.386. The second-order valence-corrected chi connectivity index (χ2v) is 8.96. The van der Waals surface area contributed by atoms with Crippen molar-refractivity contribution in [2.45, 2.75) is 19.9 Å². The van der Waals surface area contributed by atoms with E-state index in [0.29, 0.717) is 46.6 Å². The first-order valence-electron chi connectivity index (χ1n) is 11.2. The maximum absolute atomic E-state index is 13.3. The van der Waals surface area contributed by atoms with Crippen LogP contribution < -0.4 is 11.1 Å². The molecule has 35 heavy (non-hydrogen) atoms. The summed E-state index contributed by atoms with van der Waals surface area (Å²) in [6.07, 6.45) is 0.750. The van der Waals surface area contributed by atoms with E-state index in [9.17, 15) is 9.59 Å². The molecule has 0 radical (unpaired) electrons. The topological polar surface area (TPSA) is 112 Å². The van der Waals surface area contributed by atoms with Crippen LogP contribution in [0.3, 0.4) is 0 Å². The van der Waals surface area contributed by atoms with Gasteiger partial charge in [-0.25, -0.2) is 14.8 Å². The Kier molecular flexibility index (Phi) is 6.15. The van der Waals surface area contributed by atoms with Gasteiger partial charge in [-0.3, -0.25) is 9.36 Å². The van der Waals surface area contributed by atoms with Gasteiger partial charge in [-0.1, -0.05) is 25.1 Å². The summed E-state index contributed by atoms with van der Waals surface area (Å²) in [5.74, 6) is -0.493. The number of para-hydroxylation sites is 2. The number of amides is 1. The van der Waals surface area contributed by atoms with Crippen LogP contribution in [0.15, 0.2) is 66.0 Å². The molecule has 0 aliphatic carbocycles. The van der Waals surface area contributed by atoms with Gasteiger partial charge in [0.1, 0.15) is 16.9 Å². The number of anilines is 1. The van der Waals surface area contributed by atoms with Crippen LogP contribution in [0.2, 0.25) is 0 Å². The maximum Gasteiger partial charge on any atom is 0.338 e. The van der Waals surface area contributed by atoms with Gasteiger partial charge >= 0.3 is 5.97 Å². The smallest absolute Gasteiger partial charge is 0.338 e. The van der Waals surface area contributed by atoms with Crippen LogP contribution >= 0.6 is 11.3 Å². The summed E-state index contributed by atoms with van der Waals surface area (Å²) in [6.45, 7) is 2.69. The third kappa shape index (κ3) is 4.33. The highest BCUT2D eigenvalue weighted by Crippen LogP contribution is 2.31. The van der Waals surface area contributed by atoms with Crippen LogP contribution in [0.1, 0.15) is 38.9 Å². The lowest BCUT2D eigenvalue weighted by atomic mass is 10.2. The van der Waals surface area contributed by atoms with Crippen molar-refractivity contribution in [2.24, 2.45) is 0 Å². The molecule has 9 heteroatoms. The molecule has 8 nitrogen and oxygen atoms in total. The van der Waals surface area contributed by atoms with Crippen LogP contribution in [-0.4, -0.2) is 33.0 Å². The molecule has 1 amide bonds. The van der Waals surface area contributed by atoms with E-state index in [4.69, 9.17) is 20.4 Å². The van der Waals surface area contributed by atoms with E-state index in [1.165, 1.54) is 0 Å². The zero-order valence-corrected chi connectivity index (χ0v) is 19.8. The number of nitrogens with one attached hydrogen (secondary N) is 1. The van der Waals surface area contributed by atoms with Crippen molar-refractivity contribution in [3.8, 4) is 5.69 Å². The Balaban J connectivity index is 1.60. The summed E-state index contributed by atoms with van der Waals surface area (Å²) in [6, 6.07) is 18.2. The normalized spacial score (nSPS) is 11.1. The van der Waals surface area contributed by atoms with Crippen LogP contribution in [0.4, 0.5) is 5.82 Å². The number of benzene rings is 2. The summed E-state index contributed by atoms with van der Waals surface area (Å²) < 4.78 is 6.90. The fourth-order valence-electron chi connectivity index (χ4n) is 3.84. The van der Waals surface area contributed by atoms with Crippen molar-refractivity contribution >= 4 is 51.2 Å². The second kappa shape index (κ2) is 9.55. The van der Waals surface area contributed by atoms with Crippen molar-refractivity contribution in [3.63, 3.8) is 0 Å². The van der Waals surface area contributed by atoms with E-state index in [1.807, 2.05) is 48.7 Å². The average Bonchev–Trinajstić information content (AvgIpc) is 3.50. The molecule has 0 unspecified atom stereocenters. The Labute approximate surface area is 205 Å². The largest absolute Gasteiger partial charge is 0.462 e. The average molecular weight is 486 g/mol. The zero-order chi connectivity index (χ0) is 24.4. The first kappa shape index (κ1) is 22.5. The molecule has 2 aromatic carbocycles. The predicted molar refractivity (Wildman–Crippen MR) is 137 cm³/mol. The number of nitrogens with zero attached hydrogens (tertiary/aromatic N) is 3. The number of thiophene rings is 1. The molecule has 176 valence electrons. The number of nitrogens with two attached hydrogens (primary N) is 1. The number of carbonyl (C=O) groups is 2. The zero-order valence-electron chi connectivity index (χ0n) is 19.0. The van der Waals surface area contributed by atoms with Crippen molar-refractivity contribution < 1.29 is 14.3 Å². The molecule has 5 rings (SSSR count). The Morgan fingerprint density at radius 3 is 2.46 bits per heavy atom. The highest BCUT2D eigenvalue weighted by Gasteiger charge is 2.25. The molecule has 3 heterocycles. The van der Waals surface area contributed by atoms with Crippen molar-refractivity contribution in [1.82, 2.24) is 19.9 Å². The summed E-state index contributed by atoms with van der Waals surface area (Å²) >= 11 is 1.56. The fourth-order valence-corrected chi connectivity index (χ4v) is 4.48. The molecule has 0 atom stereocenters. The number of hydrogen-bond acceptors (Lipinski definition) is 7. The quantitative estimate of drug-likeness (QED) is 0.323. The maximum atomic E-state index is 13.3. The monoisotopic (exact) mass is 485 g/mol. The van der Waals surface area contributed by atoms with Gasteiger partial charge in [0.2, 0.25) is 0 Å². The van der Waals surface area contributed by atoms with Gasteiger partial charge in [0.15, 0.2) is 5.65 Å². The highest BCUT2D eigenvalue weighted by molar-refractivity contribution is 7.09. The first-order chi connectivity index (χ1) is 17.1. The summed E-state index contributed by atoms with van der Waals surface area (Å²) in [4.78, 5) is 36.0. The molecular weight excluding hydrogens is 462 g/mol. The molecule has 0 fully saturated rings. The van der Waals surface area contributed by atoms with Crippen LogP contribution in [-0.2, 0) is 11.3 Å². The van der Waals surface area contributed by atoms with Crippen LogP contribution in [0.5, 0.6) is 0 Å². The molecule has 0 aliphatic heterocycles. The molecule has 0 aliphatic rings. The van der Waals surface area contributed by atoms with Gasteiger partial charge in [0.25, 0.3) is 5.91 Å². The number of ether oxygens (including phenoxy) is 1. The fraction of sp³-hybridized carbons (Fsp3) is 0.154. The number of carbonyl (C=O) groups excluding carboxylic acids is 2. The van der Waals surface area contributed by atoms with E-state index >= 15 is 0 Å². The number of aromatic nitrogens is 3. The van der Waals surface area contributed by atoms with Gasteiger partial charge in [-0.15, -0.1) is 11.3 Å². The van der Waals surface area contributed by atoms with Crippen LogP contribution in [0, 0.1) is 0 Å². The molecular formula is C26H23N5O3S. The molecule has 0 saturated heterocycles. The van der Waals surface area contributed by atoms with E-state index in [1.54, 1.807) is 40.2 Å². The summed E-state index contributed by atoms with van der Waals surface area (Å²) in [5, 5.41) is 4.90. The van der Waals surface area contributed by atoms with E-state index < -0.39 is 0 Å². The van der Waals surface area contributed by atoms with Gasteiger partial charge in [-0.2, -0.15) is 0 Å². The Morgan fingerprint density at radius 2 is 1.77 bits per heavy atom. The van der Waals surface area contributed by atoms with Crippen molar-refractivity contribution in [1.29, 1.82) is 0 Å². The molecule has 3 N–H and O–H groups in total.